The van der Waals surface area contributed by atoms with Gasteiger partial charge < -0.3 is 0 Å². The molecule has 0 saturated carbocycles. The van der Waals surface area contributed by atoms with Gasteiger partial charge in [-0.1, -0.05) is 0 Å². The number of rotatable bonds is 1. The van der Waals surface area contributed by atoms with Crippen molar-refractivity contribution in [2.24, 2.45) is 0 Å². The second-order valence-corrected chi connectivity index (χ2v) is 3.91. The molecule has 0 fully saturated rings. The van der Waals surface area contributed by atoms with Crippen molar-refractivity contribution >= 4 is 23.2 Å². The molecule has 0 bridgehead atoms. The molecular weight excluding hydrogens is 249 g/mol. The molecule has 0 aromatic carbocycles. The molecule has 0 rings (SSSR count). The molecule has 4 heavy (non-hydrogen) atoms. The van der Waals surface area contributed by atoms with Crippen molar-refractivity contribution in [3.8, 4) is 0 Å². The second-order valence-electron chi connectivity index (χ2n) is 0.445. The summed E-state index contributed by atoms with van der Waals surface area (Å²) in [5, 5.41) is 0. The van der Waals surface area contributed by atoms with Gasteiger partial charge in [0.25, 0.3) is 0 Å². The molecule has 0 unspecified atom stereocenters. The van der Waals surface area contributed by atoms with Crippen molar-refractivity contribution in [3.05, 3.63) is 0 Å². The minimum absolute atomic E-state index is 0.944. The van der Waals surface area contributed by atoms with Gasteiger partial charge in [0.15, 0.2) is 0 Å². The Labute approximate surface area is 37.4 Å². The Kier molecular flexibility index (Phi) is 4.31. The van der Waals surface area contributed by atoms with Gasteiger partial charge in [0.05, 0.1) is 0 Å². The first-order valence-corrected chi connectivity index (χ1v) is 5.08. The molecule has 2 heteroatoms. The third-order valence-corrected chi connectivity index (χ3v) is 1.13. The molecule has 0 aromatic heterocycles. The Morgan fingerprint density at radius 3 is 2.25 bits per heavy atom. The van der Waals surface area contributed by atoms with Gasteiger partial charge in [0.2, 0.25) is 0 Å². The molecule has 0 aliphatic carbocycles. The van der Waals surface area contributed by atoms with Crippen LogP contribution >= 0.6 is 0 Å². The average molecular weight is 254 g/mol. The van der Waals surface area contributed by atoms with E-state index < -0.39 is 23.2 Å². The van der Waals surface area contributed by atoms with Gasteiger partial charge in [-0.2, -0.15) is 0 Å². The zero-order chi connectivity index (χ0) is 3.41. The summed E-state index contributed by atoms with van der Waals surface area (Å²) in [5.74, 6) is 0. The van der Waals surface area contributed by atoms with E-state index in [1.807, 2.05) is 6.92 Å². The van der Waals surface area contributed by atoms with Crippen LogP contribution in [0.2, 0.25) is 4.13 Å². The van der Waals surface area contributed by atoms with E-state index in [1.54, 1.807) is 0 Å². The topological polar surface area (TPSA) is 17.1 Å². The minimum atomic E-state index is -1.09. The van der Waals surface area contributed by atoms with Crippen molar-refractivity contribution in [2.75, 3.05) is 0 Å². The molecule has 0 spiro atoms. The molecular formula is C2H5BiO. The van der Waals surface area contributed by atoms with Crippen molar-refractivity contribution in [3.63, 3.8) is 0 Å². The molecule has 0 saturated heterocycles. The van der Waals surface area contributed by atoms with Gasteiger partial charge in [-0.3, -0.25) is 0 Å². The van der Waals surface area contributed by atoms with E-state index in [9.17, 15) is 2.81 Å². The summed E-state index contributed by atoms with van der Waals surface area (Å²) < 4.78 is 10.4. The van der Waals surface area contributed by atoms with Crippen LogP contribution in [0.3, 0.4) is 0 Å². The zero-order valence-electron chi connectivity index (χ0n) is 2.56. The standard InChI is InChI=1S/C2H5.Bi.O/c1-2;;/h1H2,2H3;;. The molecule has 0 heterocycles. The third kappa shape index (κ3) is 2.68. The molecule has 0 aliphatic rings. The normalized spacial score (nSPS) is 6.25. The summed E-state index contributed by atoms with van der Waals surface area (Å²) in [6, 6.07) is 0. The third-order valence-electron chi connectivity index (χ3n) is 0.129. The van der Waals surface area contributed by atoms with Crippen molar-refractivity contribution < 1.29 is 2.81 Å². The van der Waals surface area contributed by atoms with Crippen LogP contribution in [0.5, 0.6) is 0 Å². The van der Waals surface area contributed by atoms with Crippen molar-refractivity contribution in [1.82, 2.24) is 0 Å². The van der Waals surface area contributed by atoms with E-state index in [2.05, 4.69) is 0 Å². The van der Waals surface area contributed by atoms with Crippen molar-refractivity contribution in [1.29, 1.82) is 0 Å². The number of hydrogen-bond acceptors (Lipinski definition) is 1. The second kappa shape index (κ2) is 3.68. The maximum absolute atomic E-state index is 9.48. The van der Waals surface area contributed by atoms with Gasteiger partial charge in [0, 0.05) is 0 Å². The molecule has 24 valence electrons. The summed E-state index contributed by atoms with van der Waals surface area (Å²) in [6.07, 6.45) is 0. The fourth-order valence-corrected chi connectivity index (χ4v) is 0. The van der Waals surface area contributed by atoms with Crippen LogP contribution in [0.4, 0.5) is 0 Å². The van der Waals surface area contributed by atoms with Crippen LogP contribution in [0.1, 0.15) is 6.92 Å². The fourth-order valence-electron chi connectivity index (χ4n) is 0. The van der Waals surface area contributed by atoms with Gasteiger partial charge in [-0.15, -0.1) is 0 Å². The SMILES string of the molecule is C[CH2][Bi]=[O]. The van der Waals surface area contributed by atoms with E-state index in [-0.39, 0.29) is 0 Å². The molecule has 1 nitrogen and oxygen atoms in total. The first-order chi connectivity index (χ1) is 1.91. The number of hydrogen-bond donors (Lipinski definition) is 0. The summed E-state index contributed by atoms with van der Waals surface area (Å²) in [6.45, 7) is 1.95. The Bertz CT molecular complexity index is 20.0. The van der Waals surface area contributed by atoms with Crippen LogP contribution < -0.4 is 0 Å². The van der Waals surface area contributed by atoms with Crippen LogP contribution in [-0.2, 0) is 2.81 Å². The van der Waals surface area contributed by atoms with Gasteiger partial charge in [0.1, 0.15) is 0 Å². The molecule has 0 aliphatic heterocycles. The van der Waals surface area contributed by atoms with Gasteiger partial charge in [-0.05, 0) is 0 Å². The predicted octanol–water partition coefficient (Wildman–Crippen LogP) is 0.474. The van der Waals surface area contributed by atoms with Gasteiger partial charge in [-0.25, -0.2) is 0 Å². The van der Waals surface area contributed by atoms with Crippen LogP contribution in [0, 0.1) is 0 Å². The summed E-state index contributed by atoms with van der Waals surface area (Å²) in [4.78, 5) is 0. The predicted molar refractivity (Wildman–Crippen MR) is 16.9 cm³/mol. The van der Waals surface area contributed by atoms with E-state index in [0.29, 0.717) is 0 Å². The Balaban J connectivity index is 2.30. The zero-order valence-corrected chi connectivity index (χ0v) is 6.04. The molecule has 0 radical (unpaired) electrons. The van der Waals surface area contributed by atoms with E-state index in [1.165, 1.54) is 0 Å². The van der Waals surface area contributed by atoms with E-state index in [0.717, 1.165) is 4.13 Å². The average Bonchev–Trinajstić information content (AvgIpc) is 1.37. The fraction of sp³-hybridized carbons (Fsp3) is 1.00. The summed E-state index contributed by atoms with van der Waals surface area (Å²) in [5.41, 5.74) is 0. The Hall–Kier alpha value is 0.683. The van der Waals surface area contributed by atoms with E-state index in [4.69, 9.17) is 0 Å². The van der Waals surface area contributed by atoms with Crippen LogP contribution in [0.25, 0.3) is 0 Å². The van der Waals surface area contributed by atoms with Crippen LogP contribution in [0.15, 0.2) is 0 Å². The monoisotopic (exact) mass is 254 g/mol. The molecule has 0 atom stereocenters. The first-order valence-electron chi connectivity index (χ1n) is 1.21. The quantitative estimate of drug-likeness (QED) is 0.622. The maximum atomic E-state index is 9.48. The Morgan fingerprint density at radius 1 is 2.00 bits per heavy atom. The van der Waals surface area contributed by atoms with Gasteiger partial charge >= 0.3 is 37.1 Å². The summed E-state index contributed by atoms with van der Waals surface area (Å²) >= 11 is -1.09. The summed E-state index contributed by atoms with van der Waals surface area (Å²) in [7, 11) is 0. The van der Waals surface area contributed by atoms with E-state index >= 15 is 0 Å². The van der Waals surface area contributed by atoms with Crippen LogP contribution in [-0.4, -0.2) is 23.2 Å². The Morgan fingerprint density at radius 2 is 2.25 bits per heavy atom. The first kappa shape index (κ1) is 4.68. The molecule has 0 N–H and O–H groups in total. The molecule has 0 amide bonds. The van der Waals surface area contributed by atoms with Crippen molar-refractivity contribution in [2.45, 2.75) is 11.1 Å². The molecule has 0 aromatic rings.